The predicted octanol–water partition coefficient (Wildman–Crippen LogP) is 2.10. The van der Waals surface area contributed by atoms with Gasteiger partial charge in [-0.1, -0.05) is 6.07 Å². The Balaban J connectivity index is 1.45. The van der Waals surface area contributed by atoms with Gasteiger partial charge in [-0.15, -0.1) is 11.3 Å². The van der Waals surface area contributed by atoms with Crippen LogP contribution in [0.2, 0.25) is 0 Å². The number of nitrogens with zero attached hydrogens (tertiary/aromatic N) is 5. The molecule has 2 N–H and O–H groups in total. The van der Waals surface area contributed by atoms with Crippen LogP contribution in [0.1, 0.15) is 22.7 Å². The Morgan fingerprint density at radius 1 is 1.37 bits per heavy atom. The summed E-state index contributed by atoms with van der Waals surface area (Å²) in [5.74, 6) is -2.13. The fourth-order valence-electron chi connectivity index (χ4n) is 2.78. The summed E-state index contributed by atoms with van der Waals surface area (Å²) in [5, 5.41) is 11.5. The number of H-pyrrole nitrogens is 1. The maximum atomic E-state index is 13.5. The van der Waals surface area contributed by atoms with Crippen LogP contribution < -0.4 is 10.2 Å². The second-order valence-corrected chi connectivity index (χ2v) is 6.96. The zero-order valence-corrected chi connectivity index (χ0v) is 14.8. The first kappa shape index (κ1) is 17.5. The quantitative estimate of drug-likeness (QED) is 0.691. The molecule has 1 amide bonds. The highest BCUT2D eigenvalue weighted by Gasteiger charge is 2.40. The summed E-state index contributed by atoms with van der Waals surface area (Å²) in [6, 6.07) is 3.81. The minimum Gasteiger partial charge on any atom is -0.348 e. The van der Waals surface area contributed by atoms with E-state index in [1.54, 1.807) is 0 Å². The van der Waals surface area contributed by atoms with Gasteiger partial charge in [-0.3, -0.25) is 9.89 Å². The van der Waals surface area contributed by atoms with Crippen molar-refractivity contribution in [1.29, 1.82) is 0 Å². The molecular weight excluding hydrogens is 376 g/mol. The van der Waals surface area contributed by atoms with Gasteiger partial charge in [0.05, 0.1) is 18.0 Å². The number of hydrogen-bond acceptors (Lipinski definition) is 7. The zero-order valence-electron chi connectivity index (χ0n) is 14.0. The van der Waals surface area contributed by atoms with Crippen molar-refractivity contribution >= 4 is 23.1 Å². The average molecular weight is 391 g/mol. The summed E-state index contributed by atoms with van der Waals surface area (Å²) in [6.45, 7) is -0.277. The number of aromatic nitrogens is 5. The van der Waals surface area contributed by atoms with Gasteiger partial charge in [-0.05, 0) is 11.4 Å². The number of carbonyl (C=O) groups is 1. The molecule has 0 atom stereocenters. The predicted molar refractivity (Wildman–Crippen MR) is 94.7 cm³/mol. The third-order valence-electron chi connectivity index (χ3n) is 4.06. The van der Waals surface area contributed by atoms with E-state index in [9.17, 15) is 13.6 Å². The monoisotopic (exact) mass is 391 g/mol. The maximum Gasteiger partial charge on any atom is 0.274 e. The fourth-order valence-corrected chi connectivity index (χ4v) is 3.44. The van der Waals surface area contributed by atoms with Crippen LogP contribution in [0, 0.1) is 0 Å². The summed E-state index contributed by atoms with van der Waals surface area (Å²) in [4.78, 5) is 27.2. The molecule has 0 bridgehead atoms. The molecule has 11 heteroatoms. The number of carbonyl (C=O) groups excluding carboxylic acids is 1. The van der Waals surface area contributed by atoms with Crippen LogP contribution in [-0.4, -0.2) is 50.1 Å². The SMILES string of the molecule is O=C(NCc1n[nH]c(-c2cccs2)n1)c1nccnc1N1CCC(F)(F)C1. The molecule has 0 radical (unpaired) electrons. The topological polar surface area (TPSA) is 99.7 Å². The van der Waals surface area contributed by atoms with Crippen LogP contribution in [0.5, 0.6) is 0 Å². The first-order valence-electron chi connectivity index (χ1n) is 8.19. The molecule has 8 nitrogen and oxygen atoms in total. The molecule has 1 fully saturated rings. The molecule has 0 aliphatic carbocycles. The van der Waals surface area contributed by atoms with E-state index >= 15 is 0 Å². The van der Waals surface area contributed by atoms with Gasteiger partial charge in [-0.2, -0.15) is 5.10 Å². The fraction of sp³-hybridized carbons (Fsp3) is 0.312. The van der Waals surface area contributed by atoms with Crippen molar-refractivity contribution in [2.45, 2.75) is 18.9 Å². The summed E-state index contributed by atoms with van der Waals surface area (Å²) in [5.41, 5.74) is 0.00390. The number of anilines is 1. The van der Waals surface area contributed by atoms with Crippen molar-refractivity contribution in [3.63, 3.8) is 0 Å². The Morgan fingerprint density at radius 2 is 2.22 bits per heavy atom. The number of aromatic amines is 1. The van der Waals surface area contributed by atoms with Crippen LogP contribution in [0.4, 0.5) is 14.6 Å². The highest BCUT2D eigenvalue weighted by atomic mass is 32.1. The number of halogens is 2. The first-order valence-corrected chi connectivity index (χ1v) is 9.07. The molecule has 0 spiro atoms. The molecular formula is C16H15F2N7OS. The number of rotatable bonds is 5. The third kappa shape index (κ3) is 3.77. The molecule has 4 rings (SSSR count). The lowest BCUT2D eigenvalue weighted by atomic mass is 10.3. The maximum absolute atomic E-state index is 13.5. The van der Waals surface area contributed by atoms with Gasteiger partial charge in [-0.25, -0.2) is 23.7 Å². The van der Waals surface area contributed by atoms with Gasteiger partial charge in [0.25, 0.3) is 11.8 Å². The van der Waals surface area contributed by atoms with E-state index in [1.807, 2.05) is 17.5 Å². The van der Waals surface area contributed by atoms with E-state index in [2.05, 4.69) is 30.5 Å². The third-order valence-corrected chi connectivity index (χ3v) is 4.93. The van der Waals surface area contributed by atoms with Crippen molar-refractivity contribution in [3.8, 4) is 10.7 Å². The van der Waals surface area contributed by atoms with Crippen molar-refractivity contribution < 1.29 is 13.6 Å². The van der Waals surface area contributed by atoms with E-state index in [-0.39, 0.29) is 31.0 Å². The Hall–Kier alpha value is -2.95. The Labute approximate surface area is 156 Å². The number of nitrogens with one attached hydrogen (secondary N) is 2. The Bertz CT molecular complexity index is 944. The minimum atomic E-state index is -2.79. The molecule has 3 aromatic rings. The number of amides is 1. The molecule has 4 heterocycles. The van der Waals surface area contributed by atoms with Gasteiger partial charge < -0.3 is 10.2 Å². The van der Waals surface area contributed by atoms with Gasteiger partial charge in [0.1, 0.15) is 0 Å². The number of hydrogen-bond donors (Lipinski definition) is 2. The summed E-state index contributed by atoms with van der Waals surface area (Å²) < 4.78 is 27.0. The van der Waals surface area contributed by atoms with E-state index in [0.717, 1.165) is 4.88 Å². The van der Waals surface area contributed by atoms with Gasteiger partial charge in [0.2, 0.25) is 0 Å². The lowest BCUT2D eigenvalue weighted by molar-refractivity contribution is 0.0256. The molecule has 27 heavy (non-hydrogen) atoms. The standard InChI is InChI=1S/C16H15F2N7OS/c17-16(18)3-6-25(9-16)14-12(19-4-5-20-14)15(26)21-8-11-22-13(24-23-11)10-2-1-7-27-10/h1-2,4-5,7H,3,6,8-9H2,(H,21,26)(H,22,23,24). The van der Waals surface area contributed by atoms with Crippen LogP contribution in [0.3, 0.4) is 0 Å². The lowest BCUT2D eigenvalue weighted by Gasteiger charge is -2.18. The molecule has 0 unspecified atom stereocenters. The second kappa shape index (κ2) is 6.99. The summed E-state index contributed by atoms with van der Waals surface area (Å²) >= 11 is 1.52. The van der Waals surface area contributed by atoms with Crippen molar-refractivity contribution in [1.82, 2.24) is 30.5 Å². The summed E-state index contributed by atoms with van der Waals surface area (Å²) in [6.07, 6.45) is 2.47. The van der Waals surface area contributed by atoms with Crippen molar-refractivity contribution in [2.75, 3.05) is 18.0 Å². The highest BCUT2D eigenvalue weighted by molar-refractivity contribution is 7.13. The first-order chi connectivity index (χ1) is 13.0. The Kier molecular flexibility index (Phi) is 4.52. The minimum absolute atomic E-state index is 0.00390. The van der Waals surface area contributed by atoms with Crippen molar-refractivity contribution in [2.24, 2.45) is 0 Å². The van der Waals surface area contributed by atoms with E-state index in [4.69, 9.17) is 0 Å². The average Bonchev–Trinajstić information content (AvgIpc) is 3.40. The molecule has 1 aliphatic rings. The Morgan fingerprint density at radius 3 is 2.96 bits per heavy atom. The van der Waals surface area contributed by atoms with Crippen LogP contribution in [0.25, 0.3) is 10.7 Å². The van der Waals surface area contributed by atoms with Crippen LogP contribution in [-0.2, 0) is 6.54 Å². The van der Waals surface area contributed by atoms with Gasteiger partial charge >= 0.3 is 0 Å². The second-order valence-electron chi connectivity index (χ2n) is 6.02. The van der Waals surface area contributed by atoms with Gasteiger partial charge in [0.15, 0.2) is 23.2 Å². The van der Waals surface area contributed by atoms with E-state index < -0.39 is 18.4 Å². The number of thiophene rings is 1. The molecule has 3 aromatic heterocycles. The van der Waals surface area contributed by atoms with Gasteiger partial charge in [0, 0.05) is 25.4 Å². The normalized spacial score (nSPS) is 15.9. The van der Waals surface area contributed by atoms with E-state index in [0.29, 0.717) is 11.6 Å². The lowest BCUT2D eigenvalue weighted by Crippen LogP contribution is -2.31. The molecule has 0 saturated carbocycles. The van der Waals surface area contributed by atoms with Crippen molar-refractivity contribution in [3.05, 3.63) is 41.4 Å². The molecule has 0 aromatic carbocycles. The smallest absolute Gasteiger partial charge is 0.274 e. The summed E-state index contributed by atoms with van der Waals surface area (Å²) in [7, 11) is 0. The number of alkyl halides is 2. The zero-order chi connectivity index (χ0) is 18.9. The van der Waals surface area contributed by atoms with Crippen LogP contribution >= 0.6 is 11.3 Å². The molecule has 140 valence electrons. The molecule has 1 aliphatic heterocycles. The largest absolute Gasteiger partial charge is 0.348 e. The van der Waals surface area contributed by atoms with Crippen LogP contribution in [0.15, 0.2) is 29.9 Å². The highest BCUT2D eigenvalue weighted by Crippen LogP contribution is 2.30. The van der Waals surface area contributed by atoms with E-state index in [1.165, 1.54) is 28.6 Å². The molecule has 1 saturated heterocycles.